The molecular formula is C12H16N2O5. The second kappa shape index (κ2) is 3.21. The third kappa shape index (κ3) is 1.20. The van der Waals surface area contributed by atoms with Crippen LogP contribution in [0.25, 0.3) is 0 Å². The lowest BCUT2D eigenvalue weighted by Gasteiger charge is -2.64. The smallest absolute Gasteiger partial charge is 0.405 e. The van der Waals surface area contributed by atoms with Crippen molar-refractivity contribution in [3.63, 3.8) is 0 Å². The van der Waals surface area contributed by atoms with Gasteiger partial charge in [0.1, 0.15) is 12.2 Å². The molecule has 19 heavy (non-hydrogen) atoms. The highest BCUT2D eigenvalue weighted by atomic mass is 16.7. The summed E-state index contributed by atoms with van der Waals surface area (Å²) in [5.41, 5.74) is 5.09. The molecular weight excluding hydrogens is 252 g/mol. The number of carbonyl (C=O) groups is 2. The highest BCUT2D eigenvalue weighted by Crippen LogP contribution is 2.88. The first-order chi connectivity index (χ1) is 9.02. The predicted molar refractivity (Wildman–Crippen MR) is 60.2 cm³/mol. The van der Waals surface area contributed by atoms with Crippen LogP contribution in [0, 0.1) is 23.2 Å². The number of hydrogen-bond acceptors (Lipinski definition) is 6. The summed E-state index contributed by atoms with van der Waals surface area (Å²) < 4.78 is 11.0. The Morgan fingerprint density at radius 2 is 2.11 bits per heavy atom. The van der Waals surface area contributed by atoms with E-state index < -0.39 is 12.1 Å². The summed E-state index contributed by atoms with van der Waals surface area (Å²) in [7, 11) is 0. The average molecular weight is 268 g/mol. The van der Waals surface area contributed by atoms with Crippen molar-refractivity contribution in [3.05, 3.63) is 0 Å². The van der Waals surface area contributed by atoms with E-state index in [0.29, 0.717) is 17.8 Å². The first kappa shape index (κ1) is 11.5. The maximum atomic E-state index is 11.0. The molecule has 4 aliphatic rings. The van der Waals surface area contributed by atoms with Gasteiger partial charge >= 0.3 is 12.1 Å². The van der Waals surface area contributed by atoms with Crippen molar-refractivity contribution in [2.24, 2.45) is 34.8 Å². The van der Waals surface area contributed by atoms with Crippen molar-refractivity contribution in [1.29, 1.82) is 0 Å². The number of hydrogen-bond donors (Lipinski definition) is 2. The summed E-state index contributed by atoms with van der Waals surface area (Å²) in [6.07, 6.45) is 2.16. The van der Waals surface area contributed by atoms with Crippen LogP contribution in [-0.4, -0.2) is 30.4 Å². The van der Waals surface area contributed by atoms with Gasteiger partial charge in [-0.25, -0.2) is 9.59 Å². The average Bonchev–Trinajstić information content (AvgIpc) is 2.99. The molecule has 104 valence electrons. The Bertz CT molecular complexity index is 483. The number of ether oxygens (including phenoxy) is 2. The van der Waals surface area contributed by atoms with Crippen LogP contribution < -0.4 is 11.6 Å². The third-order valence-corrected chi connectivity index (χ3v) is 5.65. The summed E-state index contributed by atoms with van der Waals surface area (Å²) in [6, 6.07) is 0. The number of amides is 1. The molecule has 6 unspecified atom stereocenters. The van der Waals surface area contributed by atoms with Crippen LogP contribution in [0.15, 0.2) is 0 Å². The Balaban J connectivity index is 1.44. The minimum Gasteiger partial charge on any atom is -0.443 e. The van der Waals surface area contributed by atoms with Gasteiger partial charge in [-0.3, -0.25) is 0 Å². The number of rotatable bonds is 4. The summed E-state index contributed by atoms with van der Waals surface area (Å²) in [5, 5.41) is 0. The molecule has 1 amide bonds. The van der Waals surface area contributed by atoms with Crippen LogP contribution in [-0.2, 0) is 19.1 Å². The van der Waals surface area contributed by atoms with Gasteiger partial charge in [0.15, 0.2) is 0 Å². The van der Waals surface area contributed by atoms with E-state index in [4.69, 9.17) is 21.1 Å². The molecule has 0 bridgehead atoms. The first-order valence-corrected chi connectivity index (χ1v) is 6.52. The standard InChI is InChI=1S/C12H16N2O5/c13-10(16)18-12-1-5-8(17-3-7(15)19-14)6-2-11(6,4-12)9(5)12/h5-6,8-9H,1-4,14H2,(H2,13,16). The number of primary amides is 1. The second-order valence-corrected chi connectivity index (χ2v) is 6.32. The van der Waals surface area contributed by atoms with Crippen LogP contribution in [0.5, 0.6) is 0 Å². The topological polar surface area (TPSA) is 114 Å². The summed E-state index contributed by atoms with van der Waals surface area (Å²) in [6.45, 7) is -0.110. The van der Waals surface area contributed by atoms with Crippen molar-refractivity contribution in [2.75, 3.05) is 6.61 Å². The zero-order valence-electron chi connectivity index (χ0n) is 10.3. The van der Waals surface area contributed by atoms with E-state index in [9.17, 15) is 9.59 Å². The Hall–Kier alpha value is -1.34. The fraction of sp³-hybridized carbons (Fsp3) is 0.833. The molecule has 4 fully saturated rings. The van der Waals surface area contributed by atoms with Crippen LogP contribution in [0.2, 0.25) is 0 Å². The highest BCUT2D eigenvalue weighted by Gasteiger charge is 2.89. The zero-order chi connectivity index (χ0) is 13.4. The van der Waals surface area contributed by atoms with Crippen molar-refractivity contribution >= 4 is 12.1 Å². The van der Waals surface area contributed by atoms with E-state index in [1.54, 1.807) is 0 Å². The first-order valence-electron chi connectivity index (χ1n) is 6.52. The van der Waals surface area contributed by atoms with E-state index >= 15 is 0 Å². The number of nitrogens with two attached hydrogens (primary N) is 2. The van der Waals surface area contributed by atoms with E-state index in [1.807, 2.05) is 0 Å². The van der Waals surface area contributed by atoms with Crippen LogP contribution in [0.3, 0.4) is 0 Å². The summed E-state index contributed by atoms with van der Waals surface area (Å²) >= 11 is 0. The zero-order valence-corrected chi connectivity index (χ0v) is 10.3. The molecule has 7 heteroatoms. The molecule has 4 rings (SSSR count). The van der Waals surface area contributed by atoms with Crippen LogP contribution in [0.1, 0.15) is 19.3 Å². The molecule has 0 aromatic carbocycles. The molecule has 0 aliphatic heterocycles. The monoisotopic (exact) mass is 268 g/mol. The van der Waals surface area contributed by atoms with Crippen molar-refractivity contribution in [3.8, 4) is 0 Å². The van der Waals surface area contributed by atoms with Gasteiger partial charge < -0.3 is 20.0 Å². The Kier molecular flexibility index (Phi) is 1.94. The van der Waals surface area contributed by atoms with E-state index in [0.717, 1.165) is 19.3 Å². The van der Waals surface area contributed by atoms with Crippen LogP contribution in [0.4, 0.5) is 4.79 Å². The largest absolute Gasteiger partial charge is 0.443 e. The lowest BCUT2D eigenvalue weighted by Crippen LogP contribution is -2.69. The fourth-order valence-corrected chi connectivity index (χ4v) is 5.28. The Morgan fingerprint density at radius 1 is 1.32 bits per heavy atom. The van der Waals surface area contributed by atoms with Crippen molar-refractivity contribution < 1.29 is 23.9 Å². The van der Waals surface area contributed by atoms with Crippen molar-refractivity contribution in [1.82, 2.24) is 0 Å². The summed E-state index contributed by atoms with van der Waals surface area (Å²) in [5.74, 6) is 5.46. The van der Waals surface area contributed by atoms with Gasteiger partial charge in [-0.15, -0.1) is 0 Å². The lowest BCUT2D eigenvalue weighted by molar-refractivity contribution is -0.247. The molecule has 4 saturated carbocycles. The molecule has 0 aromatic heterocycles. The van der Waals surface area contributed by atoms with Crippen LogP contribution >= 0.6 is 0 Å². The minimum atomic E-state index is -0.693. The van der Waals surface area contributed by atoms with Gasteiger partial charge in [-0.05, 0) is 36.5 Å². The van der Waals surface area contributed by atoms with Gasteiger partial charge in [-0.1, -0.05) is 0 Å². The molecule has 6 atom stereocenters. The second-order valence-electron chi connectivity index (χ2n) is 6.32. The van der Waals surface area contributed by atoms with Crippen molar-refractivity contribution in [2.45, 2.75) is 31.0 Å². The maximum Gasteiger partial charge on any atom is 0.405 e. The fourth-order valence-electron chi connectivity index (χ4n) is 5.28. The van der Waals surface area contributed by atoms with E-state index in [1.165, 1.54) is 0 Å². The quantitative estimate of drug-likeness (QED) is 0.675. The Labute approximate surface area is 109 Å². The van der Waals surface area contributed by atoms with Gasteiger partial charge in [-0.2, -0.15) is 5.90 Å². The molecule has 1 spiro atoms. The SMILES string of the molecule is NOC(=O)COC1C2CC3(OC(N)=O)CC4(CC14)C23. The highest BCUT2D eigenvalue weighted by molar-refractivity contribution is 5.70. The Morgan fingerprint density at radius 3 is 2.79 bits per heavy atom. The third-order valence-electron chi connectivity index (χ3n) is 5.65. The van der Waals surface area contributed by atoms with E-state index in [-0.39, 0.29) is 23.7 Å². The minimum absolute atomic E-state index is 0.0659. The van der Waals surface area contributed by atoms with Gasteiger partial charge in [0, 0.05) is 5.92 Å². The van der Waals surface area contributed by atoms with E-state index in [2.05, 4.69) is 4.84 Å². The molecule has 4 N–H and O–H groups in total. The van der Waals surface area contributed by atoms with Gasteiger partial charge in [0.05, 0.1) is 6.10 Å². The lowest BCUT2D eigenvalue weighted by atomic mass is 9.45. The predicted octanol–water partition coefficient (Wildman–Crippen LogP) is -0.318. The molecule has 4 aliphatic carbocycles. The normalized spacial score (nSPS) is 51.2. The maximum absolute atomic E-state index is 11.0. The molecule has 0 heterocycles. The van der Waals surface area contributed by atoms with Gasteiger partial charge in [0.2, 0.25) is 0 Å². The molecule has 0 saturated heterocycles. The summed E-state index contributed by atoms with van der Waals surface area (Å²) in [4.78, 5) is 26.1. The molecule has 0 radical (unpaired) electrons. The van der Waals surface area contributed by atoms with Gasteiger partial charge in [0.25, 0.3) is 0 Å². The molecule has 7 nitrogen and oxygen atoms in total. The number of carbonyl (C=O) groups excluding carboxylic acids is 2. The molecule has 0 aromatic rings.